The van der Waals surface area contributed by atoms with Crippen molar-refractivity contribution in [2.24, 2.45) is 5.92 Å². The third-order valence-corrected chi connectivity index (χ3v) is 6.12. The molecule has 0 saturated carbocycles. The molecule has 1 heterocycles. The van der Waals surface area contributed by atoms with E-state index in [-0.39, 0.29) is 23.4 Å². The molecule has 0 bridgehead atoms. The predicted molar refractivity (Wildman–Crippen MR) is 108 cm³/mol. The Bertz CT molecular complexity index is 734. The molecular weight excluding hydrogens is 390 g/mol. The van der Waals surface area contributed by atoms with Crippen LogP contribution >= 0.6 is 34.7 Å². The summed E-state index contributed by atoms with van der Waals surface area (Å²) in [7, 11) is 0. The van der Waals surface area contributed by atoms with Gasteiger partial charge >= 0.3 is 0 Å². The van der Waals surface area contributed by atoms with Gasteiger partial charge in [-0.25, -0.2) is 0 Å². The van der Waals surface area contributed by atoms with Crippen molar-refractivity contribution in [2.45, 2.75) is 43.9 Å². The highest BCUT2D eigenvalue weighted by Gasteiger charge is 2.18. The zero-order valence-electron chi connectivity index (χ0n) is 14.8. The number of nitrogens with zero attached hydrogens (tertiary/aromatic N) is 2. The van der Waals surface area contributed by atoms with Crippen molar-refractivity contribution in [3.05, 3.63) is 34.9 Å². The van der Waals surface area contributed by atoms with Gasteiger partial charge in [-0.2, -0.15) is 0 Å². The van der Waals surface area contributed by atoms with E-state index < -0.39 is 0 Å². The van der Waals surface area contributed by atoms with Gasteiger partial charge in [0.25, 0.3) is 0 Å². The molecule has 5 nitrogen and oxygen atoms in total. The van der Waals surface area contributed by atoms with E-state index in [2.05, 4.69) is 22.4 Å². The molecule has 1 atom stereocenters. The van der Waals surface area contributed by atoms with E-state index in [1.165, 1.54) is 23.1 Å². The van der Waals surface area contributed by atoms with Crippen LogP contribution in [0.2, 0.25) is 5.02 Å². The molecule has 0 saturated heterocycles. The molecule has 0 aliphatic rings. The van der Waals surface area contributed by atoms with Crippen molar-refractivity contribution in [1.29, 1.82) is 0 Å². The fourth-order valence-corrected chi connectivity index (χ4v) is 4.12. The molecule has 1 unspecified atom stereocenters. The van der Waals surface area contributed by atoms with E-state index in [0.717, 1.165) is 25.7 Å². The lowest BCUT2D eigenvalue weighted by atomic mass is 9.99. The van der Waals surface area contributed by atoms with Crippen molar-refractivity contribution < 1.29 is 9.59 Å². The number of hydrogen-bond donors (Lipinski definition) is 1. The highest BCUT2D eigenvalue weighted by atomic mass is 35.5. The van der Waals surface area contributed by atoms with Crippen molar-refractivity contribution >= 4 is 51.5 Å². The molecule has 1 amide bonds. The zero-order chi connectivity index (χ0) is 18.9. The van der Waals surface area contributed by atoms with Gasteiger partial charge < -0.3 is 5.32 Å². The van der Waals surface area contributed by atoms with E-state index in [4.69, 9.17) is 11.6 Å². The number of carbonyl (C=O) groups excluding carboxylic acids is 2. The van der Waals surface area contributed by atoms with Crippen LogP contribution in [0.15, 0.2) is 28.6 Å². The molecule has 140 valence electrons. The standard InChI is InChI=1S/C18H22ClN3O2S2/c1-3-5-6-12(4-2)16(24)20-17-21-22-18(26-17)25-11-15(23)13-7-9-14(19)10-8-13/h7-10,12H,3-6,11H2,1-2H3,(H,20,21,24). The Hall–Kier alpha value is -1.44. The molecule has 2 rings (SSSR count). The Morgan fingerprint density at radius 3 is 2.62 bits per heavy atom. The SMILES string of the molecule is CCCCC(CC)C(=O)Nc1nnc(SCC(=O)c2ccc(Cl)cc2)s1. The predicted octanol–water partition coefficient (Wildman–Crippen LogP) is 5.32. The summed E-state index contributed by atoms with van der Waals surface area (Å²) in [4.78, 5) is 24.5. The summed E-state index contributed by atoms with van der Waals surface area (Å²) in [6, 6.07) is 6.80. The number of Topliss-reactive ketones (excluding diaryl/α,β-unsaturated/α-hetero) is 1. The fourth-order valence-electron chi connectivity index (χ4n) is 2.34. The van der Waals surface area contributed by atoms with E-state index >= 15 is 0 Å². The molecule has 1 aromatic heterocycles. The second-order valence-corrected chi connectivity index (χ2v) is 8.46. The Morgan fingerprint density at radius 2 is 1.96 bits per heavy atom. The fraction of sp³-hybridized carbons (Fsp3) is 0.444. The number of unbranched alkanes of at least 4 members (excludes halogenated alkanes) is 1. The molecule has 1 N–H and O–H groups in total. The van der Waals surface area contributed by atoms with Crippen molar-refractivity contribution in [3.63, 3.8) is 0 Å². The molecular formula is C18H22ClN3O2S2. The molecule has 8 heteroatoms. The Labute approximate surface area is 166 Å². The maximum absolute atomic E-state index is 12.3. The Morgan fingerprint density at radius 1 is 1.23 bits per heavy atom. The summed E-state index contributed by atoms with van der Waals surface area (Å²) < 4.78 is 0.657. The van der Waals surface area contributed by atoms with Crippen molar-refractivity contribution in [2.75, 3.05) is 11.1 Å². The van der Waals surface area contributed by atoms with E-state index in [1.54, 1.807) is 24.3 Å². The minimum Gasteiger partial charge on any atom is -0.300 e. The van der Waals surface area contributed by atoms with Crippen LogP contribution in [0, 0.1) is 5.92 Å². The second kappa shape index (κ2) is 10.6. The van der Waals surface area contributed by atoms with Crippen LogP contribution in [0.4, 0.5) is 5.13 Å². The molecule has 1 aromatic carbocycles. The van der Waals surface area contributed by atoms with Crippen LogP contribution in [-0.2, 0) is 4.79 Å². The average molecular weight is 412 g/mol. The van der Waals surface area contributed by atoms with Gasteiger partial charge in [-0.3, -0.25) is 9.59 Å². The highest BCUT2D eigenvalue weighted by Crippen LogP contribution is 2.27. The van der Waals surface area contributed by atoms with Crippen LogP contribution in [0.3, 0.4) is 0 Å². The summed E-state index contributed by atoms with van der Waals surface area (Å²) in [6.45, 7) is 4.13. The molecule has 26 heavy (non-hydrogen) atoms. The number of amides is 1. The van der Waals surface area contributed by atoms with Gasteiger partial charge in [0.05, 0.1) is 5.75 Å². The summed E-state index contributed by atoms with van der Waals surface area (Å²) in [5.41, 5.74) is 0.613. The molecule has 0 fully saturated rings. The van der Waals surface area contributed by atoms with Gasteiger partial charge in [-0.05, 0) is 37.1 Å². The van der Waals surface area contributed by atoms with Crippen molar-refractivity contribution in [1.82, 2.24) is 10.2 Å². The largest absolute Gasteiger partial charge is 0.300 e. The number of rotatable bonds is 10. The minimum absolute atomic E-state index is 0.00133. The van der Waals surface area contributed by atoms with Crippen LogP contribution in [-0.4, -0.2) is 27.6 Å². The van der Waals surface area contributed by atoms with Gasteiger partial charge in [0.2, 0.25) is 11.0 Å². The first-order valence-corrected chi connectivity index (χ1v) is 10.8. The van der Waals surface area contributed by atoms with Crippen LogP contribution in [0.1, 0.15) is 49.9 Å². The number of anilines is 1. The normalized spacial score (nSPS) is 12.0. The lowest BCUT2D eigenvalue weighted by Crippen LogP contribution is -2.22. The van der Waals surface area contributed by atoms with Crippen molar-refractivity contribution in [3.8, 4) is 0 Å². The minimum atomic E-state index is -0.00843. The van der Waals surface area contributed by atoms with E-state index in [0.29, 0.717) is 20.1 Å². The number of halogens is 1. The first-order chi connectivity index (χ1) is 12.5. The summed E-state index contributed by atoms with van der Waals surface area (Å²) in [5.74, 6) is 0.253. The van der Waals surface area contributed by atoms with E-state index in [9.17, 15) is 9.59 Å². The maximum atomic E-state index is 12.3. The van der Waals surface area contributed by atoms with Gasteiger partial charge in [0.1, 0.15) is 0 Å². The van der Waals surface area contributed by atoms with Gasteiger partial charge in [0.15, 0.2) is 10.1 Å². The van der Waals surface area contributed by atoms with Crippen LogP contribution in [0.5, 0.6) is 0 Å². The lowest BCUT2D eigenvalue weighted by molar-refractivity contribution is -0.120. The lowest BCUT2D eigenvalue weighted by Gasteiger charge is -2.12. The molecule has 0 radical (unpaired) electrons. The number of hydrogen-bond acceptors (Lipinski definition) is 6. The summed E-state index contributed by atoms with van der Waals surface area (Å²) >= 11 is 8.43. The summed E-state index contributed by atoms with van der Waals surface area (Å²) in [5, 5.41) is 12.0. The molecule has 0 spiro atoms. The molecule has 0 aliphatic carbocycles. The quantitative estimate of drug-likeness (QED) is 0.325. The highest BCUT2D eigenvalue weighted by molar-refractivity contribution is 8.01. The molecule has 2 aromatic rings. The number of nitrogens with one attached hydrogen (secondary N) is 1. The maximum Gasteiger partial charge on any atom is 0.229 e. The molecule has 0 aliphatic heterocycles. The Balaban J connectivity index is 1.86. The number of benzene rings is 1. The number of aromatic nitrogens is 2. The summed E-state index contributed by atoms with van der Waals surface area (Å²) in [6.07, 6.45) is 3.80. The number of carbonyl (C=O) groups is 2. The smallest absolute Gasteiger partial charge is 0.229 e. The first kappa shape index (κ1) is 20.9. The number of ketones is 1. The van der Waals surface area contributed by atoms with Gasteiger partial charge in [0, 0.05) is 16.5 Å². The first-order valence-electron chi connectivity index (χ1n) is 8.59. The topological polar surface area (TPSA) is 72.0 Å². The Kier molecular flexibility index (Phi) is 8.54. The third kappa shape index (κ3) is 6.37. The van der Waals surface area contributed by atoms with Gasteiger partial charge in [-0.15, -0.1) is 10.2 Å². The third-order valence-electron chi connectivity index (χ3n) is 3.90. The second-order valence-electron chi connectivity index (χ2n) is 5.83. The number of thioether (sulfide) groups is 1. The average Bonchev–Trinajstić information content (AvgIpc) is 3.08. The zero-order valence-corrected chi connectivity index (χ0v) is 17.2. The van der Waals surface area contributed by atoms with Crippen LogP contribution < -0.4 is 5.32 Å². The monoisotopic (exact) mass is 411 g/mol. The van der Waals surface area contributed by atoms with Crippen LogP contribution in [0.25, 0.3) is 0 Å². The van der Waals surface area contributed by atoms with Gasteiger partial charge in [-0.1, -0.05) is 61.4 Å². The van der Waals surface area contributed by atoms with E-state index in [1.807, 2.05) is 6.92 Å².